The minimum atomic E-state index is -0.469. The first kappa shape index (κ1) is 13.8. The molecule has 1 aliphatic heterocycles. The highest BCUT2D eigenvalue weighted by molar-refractivity contribution is 5.80. The SMILES string of the molecule is CC(Oc1ccc(CN)nc1)C(=O)N1CCCCC1. The number of hydrogen-bond donors (Lipinski definition) is 1. The van der Waals surface area contributed by atoms with Gasteiger partial charge in [0.15, 0.2) is 6.10 Å². The van der Waals surface area contributed by atoms with Gasteiger partial charge in [0.25, 0.3) is 5.91 Å². The van der Waals surface area contributed by atoms with Crippen molar-refractivity contribution < 1.29 is 9.53 Å². The summed E-state index contributed by atoms with van der Waals surface area (Å²) in [5.74, 6) is 0.665. The molecule has 5 heteroatoms. The third-order valence-electron chi connectivity index (χ3n) is 3.34. The van der Waals surface area contributed by atoms with Crippen molar-refractivity contribution in [3.63, 3.8) is 0 Å². The molecule has 5 nitrogen and oxygen atoms in total. The van der Waals surface area contributed by atoms with Crippen LogP contribution in [0.4, 0.5) is 0 Å². The average molecular weight is 263 g/mol. The lowest BCUT2D eigenvalue weighted by Gasteiger charge is -2.29. The summed E-state index contributed by atoms with van der Waals surface area (Å²) in [5.41, 5.74) is 6.29. The first-order valence-electron chi connectivity index (χ1n) is 6.81. The van der Waals surface area contributed by atoms with E-state index < -0.39 is 6.10 Å². The van der Waals surface area contributed by atoms with Crippen molar-refractivity contribution in [3.05, 3.63) is 24.0 Å². The second-order valence-electron chi connectivity index (χ2n) is 4.84. The van der Waals surface area contributed by atoms with E-state index in [1.807, 2.05) is 11.0 Å². The van der Waals surface area contributed by atoms with Gasteiger partial charge in [0.2, 0.25) is 0 Å². The molecule has 0 aromatic carbocycles. The Morgan fingerprint density at radius 2 is 2.16 bits per heavy atom. The molecule has 2 heterocycles. The number of carbonyl (C=O) groups is 1. The van der Waals surface area contributed by atoms with Crippen LogP contribution in [0.3, 0.4) is 0 Å². The summed E-state index contributed by atoms with van der Waals surface area (Å²) >= 11 is 0. The maximum Gasteiger partial charge on any atom is 0.263 e. The van der Waals surface area contributed by atoms with Gasteiger partial charge in [-0.2, -0.15) is 0 Å². The molecule has 19 heavy (non-hydrogen) atoms. The van der Waals surface area contributed by atoms with Gasteiger partial charge in [-0.15, -0.1) is 0 Å². The van der Waals surface area contributed by atoms with Gasteiger partial charge in [0, 0.05) is 19.6 Å². The molecule has 0 aliphatic carbocycles. The number of amides is 1. The molecule has 1 fully saturated rings. The smallest absolute Gasteiger partial charge is 0.263 e. The molecule has 1 unspecified atom stereocenters. The van der Waals surface area contributed by atoms with Gasteiger partial charge in [-0.1, -0.05) is 0 Å². The van der Waals surface area contributed by atoms with Gasteiger partial charge in [-0.05, 0) is 38.3 Å². The van der Waals surface area contributed by atoms with Gasteiger partial charge in [0.05, 0.1) is 11.9 Å². The van der Waals surface area contributed by atoms with Crippen molar-refractivity contribution in [1.82, 2.24) is 9.88 Å². The summed E-state index contributed by atoms with van der Waals surface area (Å²) in [5, 5.41) is 0. The second-order valence-corrected chi connectivity index (χ2v) is 4.84. The number of piperidine rings is 1. The van der Waals surface area contributed by atoms with Crippen LogP contribution in [0.1, 0.15) is 31.9 Å². The Morgan fingerprint density at radius 3 is 2.74 bits per heavy atom. The van der Waals surface area contributed by atoms with Crippen LogP contribution in [0, 0.1) is 0 Å². The highest BCUT2D eigenvalue weighted by Gasteiger charge is 2.23. The molecule has 104 valence electrons. The summed E-state index contributed by atoms with van der Waals surface area (Å²) in [6, 6.07) is 3.61. The van der Waals surface area contributed by atoms with Gasteiger partial charge < -0.3 is 15.4 Å². The number of nitrogens with two attached hydrogens (primary N) is 1. The Morgan fingerprint density at radius 1 is 1.42 bits per heavy atom. The van der Waals surface area contributed by atoms with Crippen LogP contribution in [0.25, 0.3) is 0 Å². The number of aromatic nitrogens is 1. The molecule has 0 bridgehead atoms. The molecule has 1 aliphatic rings. The largest absolute Gasteiger partial charge is 0.479 e. The Labute approximate surface area is 113 Å². The third-order valence-corrected chi connectivity index (χ3v) is 3.34. The molecule has 0 radical (unpaired) electrons. The number of hydrogen-bond acceptors (Lipinski definition) is 4. The van der Waals surface area contributed by atoms with E-state index in [1.165, 1.54) is 6.42 Å². The molecule has 1 saturated heterocycles. The zero-order chi connectivity index (χ0) is 13.7. The predicted molar refractivity (Wildman–Crippen MR) is 72.6 cm³/mol. The van der Waals surface area contributed by atoms with Crippen molar-refractivity contribution in [2.75, 3.05) is 13.1 Å². The van der Waals surface area contributed by atoms with E-state index in [1.54, 1.807) is 19.2 Å². The fourth-order valence-corrected chi connectivity index (χ4v) is 2.23. The van der Waals surface area contributed by atoms with E-state index in [2.05, 4.69) is 4.98 Å². The molecule has 0 spiro atoms. The van der Waals surface area contributed by atoms with Crippen LogP contribution < -0.4 is 10.5 Å². The van der Waals surface area contributed by atoms with Crippen LogP contribution in [-0.4, -0.2) is 35.0 Å². The van der Waals surface area contributed by atoms with Crippen molar-refractivity contribution in [1.29, 1.82) is 0 Å². The lowest BCUT2D eigenvalue weighted by molar-refractivity contribution is -0.138. The molecule has 0 saturated carbocycles. The van der Waals surface area contributed by atoms with E-state index in [9.17, 15) is 4.79 Å². The van der Waals surface area contributed by atoms with Crippen molar-refractivity contribution in [2.45, 2.75) is 38.8 Å². The van der Waals surface area contributed by atoms with E-state index >= 15 is 0 Å². The fraction of sp³-hybridized carbons (Fsp3) is 0.571. The number of nitrogens with zero attached hydrogens (tertiary/aromatic N) is 2. The predicted octanol–water partition coefficient (Wildman–Crippen LogP) is 1.32. The standard InChI is InChI=1S/C14H21N3O2/c1-11(14(18)17-7-3-2-4-8-17)19-13-6-5-12(9-15)16-10-13/h5-6,10-11H,2-4,7-9,15H2,1H3. The summed E-state index contributed by atoms with van der Waals surface area (Å²) in [4.78, 5) is 18.2. The number of carbonyl (C=O) groups excluding carboxylic acids is 1. The Hall–Kier alpha value is -1.62. The van der Waals surface area contributed by atoms with Crippen LogP contribution in [-0.2, 0) is 11.3 Å². The molecule has 2 N–H and O–H groups in total. The zero-order valence-corrected chi connectivity index (χ0v) is 11.3. The van der Waals surface area contributed by atoms with Gasteiger partial charge in [-0.25, -0.2) is 0 Å². The summed E-state index contributed by atoms with van der Waals surface area (Å²) in [6.07, 6.45) is 4.53. The van der Waals surface area contributed by atoms with Crippen LogP contribution in [0.5, 0.6) is 5.75 Å². The minimum Gasteiger partial charge on any atom is -0.479 e. The van der Waals surface area contributed by atoms with E-state index in [-0.39, 0.29) is 5.91 Å². The number of ether oxygens (including phenoxy) is 1. The van der Waals surface area contributed by atoms with E-state index in [0.717, 1.165) is 31.6 Å². The monoisotopic (exact) mass is 263 g/mol. The van der Waals surface area contributed by atoms with Gasteiger partial charge in [0.1, 0.15) is 5.75 Å². The van der Waals surface area contributed by atoms with Crippen LogP contribution in [0.15, 0.2) is 18.3 Å². The maximum atomic E-state index is 12.2. The maximum absolute atomic E-state index is 12.2. The second kappa shape index (κ2) is 6.52. The highest BCUT2D eigenvalue weighted by atomic mass is 16.5. The van der Waals surface area contributed by atoms with Crippen molar-refractivity contribution >= 4 is 5.91 Å². The topological polar surface area (TPSA) is 68.5 Å². The van der Waals surface area contributed by atoms with Crippen LogP contribution >= 0.6 is 0 Å². The molecule has 1 aromatic heterocycles. The third kappa shape index (κ3) is 3.67. The number of rotatable bonds is 4. The first-order valence-corrected chi connectivity index (χ1v) is 6.81. The normalized spacial score (nSPS) is 17.1. The lowest BCUT2D eigenvalue weighted by Crippen LogP contribution is -2.43. The fourth-order valence-electron chi connectivity index (χ4n) is 2.23. The summed E-state index contributed by atoms with van der Waals surface area (Å²) in [7, 11) is 0. The van der Waals surface area contributed by atoms with Gasteiger partial charge >= 0.3 is 0 Å². The molecule has 2 rings (SSSR count). The van der Waals surface area contributed by atoms with E-state index in [0.29, 0.717) is 12.3 Å². The number of pyridine rings is 1. The molecule has 1 atom stereocenters. The average Bonchev–Trinajstić information content (AvgIpc) is 2.48. The molecule has 1 amide bonds. The Balaban J connectivity index is 1.91. The highest BCUT2D eigenvalue weighted by Crippen LogP contribution is 2.15. The van der Waals surface area contributed by atoms with E-state index in [4.69, 9.17) is 10.5 Å². The molecular weight excluding hydrogens is 242 g/mol. The number of likely N-dealkylation sites (tertiary alicyclic amines) is 1. The molecule has 1 aromatic rings. The Kier molecular flexibility index (Phi) is 4.74. The summed E-state index contributed by atoms with van der Waals surface area (Å²) < 4.78 is 5.63. The van der Waals surface area contributed by atoms with Crippen molar-refractivity contribution in [2.24, 2.45) is 5.73 Å². The zero-order valence-electron chi connectivity index (χ0n) is 11.3. The first-order chi connectivity index (χ1) is 9.20. The molecular formula is C14H21N3O2. The van der Waals surface area contributed by atoms with Crippen molar-refractivity contribution in [3.8, 4) is 5.75 Å². The Bertz CT molecular complexity index is 413. The summed E-state index contributed by atoms with van der Waals surface area (Å²) in [6.45, 7) is 3.88. The lowest BCUT2D eigenvalue weighted by atomic mass is 10.1. The van der Waals surface area contributed by atoms with Gasteiger partial charge in [-0.3, -0.25) is 9.78 Å². The minimum absolute atomic E-state index is 0.0580. The van der Waals surface area contributed by atoms with Crippen LogP contribution in [0.2, 0.25) is 0 Å². The quantitative estimate of drug-likeness (QED) is 0.889.